The van der Waals surface area contributed by atoms with E-state index < -0.39 is 5.79 Å². The second-order valence-electron chi connectivity index (χ2n) is 5.19. The Kier molecular flexibility index (Phi) is 2.73. The fraction of sp³-hybridized carbons (Fsp3) is 0.429. The number of fused-ring (bicyclic) bond motifs is 2. The predicted molar refractivity (Wildman–Crippen MR) is 76.7 cm³/mol. The number of hydrogen-bond acceptors (Lipinski definition) is 4. The van der Waals surface area contributed by atoms with E-state index in [0.717, 1.165) is 22.2 Å². The van der Waals surface area contributed by atoms with Crippen LogP contribution in [0.15, 0.2) is 27.5 Å². The summed E-state index contributed by atoms with van der Waals surface area (Å²) in [5.74, 6) is 0.187. The molecule has 0 unspecified atom stereocenters. The van der Waals surface area contributed by atoms with Crippen LogP contribution in [-0.4, -0.2) is 28.6 Å². The third kappa shape index (κ3) is 1.82. The molecule has 4 rings (SSSR count). The molecule has 2 aromatic rings. The molecule has 104 valence electrons. The molecule has 2 aliphatic rings. The van der Waals surface area contributed by atoms with E-state index in [1.165, 1.54) is 0 Å². The average Bonchev–Trinajstić information content (AvgIpc) is 2.88. The highest BCUT2D eigenvalue weighted by Gasteiger charge is 2.40. The summed E-state index contributed by atoms with van der Waals surface area (Å²) in [7, 11) is 0. The van der Waals surface area contributed by atoms with Crippen molar-refractivity contribution in [1.29, 1.82) is 0 Å². The number of ether oxygens (including phenoxy) is 2. The quantitative estimate of drug-likeness (QED) is 0.736. The van der Waals surface area contributed by atoms with Crippen molar-refractivity contribution >= 4 is 26.8 Å². The van der Waals surface area contributed by atoms with Crippen LogP contribution in [0.5, 0.6) is 0 Å². The lowest BCUT2D eigenvalue weighted by Crippen LogP contribution is -2.45. The summed E-state index contributed by atoms with van der Waals surface area (Å²) < 4.78 is 14.0. The second-order valence-corrected chi connectivity index (χ2v) is 6.10. The lowest BCUT2D eigenvalue weighted by Gasteiger charge is -2.33. The standard InChI is InChI=1S/C14H13BrN2O3/c15-9-1-2-10-11(7-9)16-12-3-4-14(19-5-6-20-14)8-17(12)13(10)18/h1-2,7H,3-6,8H2. The Morgan fingerprint density at radius 2 is 2.10 bits per heavy atom. The number of rotatable bonds is 0. The molecule has 0 radical (unpaired) electrons. The predicted octanol–water partition coefficient (Wildman–Crippen LogP) is 1.85. The number of aromatic nitrogens is 2. The molecule has 1 aromatic heterocycles. The van der Waals surface area contributed by atoms with Crippen molar-refractivity contribution in [1.82, 2.24) is 9.55 Å². The molecule has 0 atom stereocenters. The molecule has 6 heteroatoms. The van der Waals surface area contributed by atoms with Crippen molar-refractivity contribution in [2.45, 2.75) is 25.2 Å². The van der Waals surface area contributed by atoms with E-state index >= 15 is 0 Å². The van der Waals surface area contributed by atoms with Crippen molar-refractivity contribution in [3.05, 3.63) is 38.9 Å². The first-order valence-corrected chi connectivity index (χ1v) is 7.43. The first-order chi connectivity index (χ1) is 9.67. The minimum absolute atomic E-state index is 0.0179. The average molecular weight is 337 g/mol. The van der Waals surface area contributed by atoms with Gasteiger partial charge in [-0.15, -0.1) is 0 Å². The van der Waals surface area contributed by atoms with Crippen LogP contribution >= 0.6 is 15.9 Å². The van der Waals surface area contributed by atoms with Gasteiger partial charge in [0, 0.05) is 17.3 Å². The zero-order chi connectivity index (χ0) is 13.7. The van der Waals surface area contributed by atoms with Gasteiger partial charge in [-0.05, 0) is 18.2 Å². The highest BCUT2D eigenvalue weighted by Crippen LogP contribution is 2.31. The van der Waals surface area contributed by atoms with Crippen molar-refractivity contribution in [3.63, 3.8) is 0 Å². The van der Waals surface area contributed by atoms with E-state index in [1.807, 2.05) is 12.1 Å². The zero-order valence-electron chi connectivity index (χ0n) is 10.8. The third-order valence-electron chi connectivity index (χ3n) is 3.94. The van der Waals surface area contributed by atoms with Crippen LogP contribution in [0.4, 0.5) is 0 Å². The summed E-state index contributed by atoms with van der Waals surface area (Å²) in [6.07, 6.45) is 1.44. The Morgan fingerprint density at radius 1 is 1.30 bits per heavy atom. The van der Waals surface area contributed by atoms with Crippen molar-refractivity contribution < 1.29 is 9.47 Å². The molecule has 5 nitrogen and oxygen atoms in total. The molecule has 1 spiro atoms. The summed E-state index contributed by atoms with van der Waals surface area (Å²) in [6, 6.07) is 5.55. The maximum Gasteiger partial charge on any atom is 0.261 e. The maximum atomic E-state index is 12.6. The summed E-state index contributed by atoms with van der Waals surface area (Å²) in [6.45, 7) is 1.62. The minimum atomic E-state index is -0.623. The number of benzene rings is 1. The summed E-state index contributed by atoms with van der Waals surface area (Å²) in [5.41, 5.74) is 0.718. The lowest BCUT2D eigenvalue weighted by molar-refractivity contribution is -0.178. The largest absolute Gasteiger partial charge is 0.346 e. The van der Waals surface area contributed by atoms with Gasteiger partial charge in [0.2, 0.25) is 0 Å². The van der Waals surface area contributed by atoms with Crippen LogP contribution in [0, 0.1) is 0 Å². The van der Waals surface area contributed by atoms with Gasteiger partial charge in [0.15, 0.2) is 5.79 Å². The van der Waals surface area contributed by atoms with E-state index in [9.17, 15) is 4.79 Å². The van der Waals surface area contributed by atoms with Crippen LogP contribution in [0.1, 0.15) is 12.2 Å². The fourth-order valence-corrected chi connectivity index (χ4v) is 3.30. The Hall–Kier alpha value is -1.24. The van der Waals surface area contributed by atoms with Gasteiger partial charge in [-0.2, -0.15) is 0 Å². The maximum absolute atomic E-state index is 12.6. The summed E-state index contributed by atoms with van der Waals surface area (Å²) in [4.78, 5) is 17.2. The molecule has 0 amide bonds. The van der Waals surface area contributed by atoms with Gasteiger partial charge in [-0.3, -0.25) is 9.36 Å². The molecule has 0 N–H and O–H groups in total. The molecule has 1 saturated heterocycles. The van der Waals surface area contributed by atoms with Gasteiger partial charge < -0.3 is 9.47 Å². The number of nitrogens with zero attached hydrogens (tertiary/aromatic N) is 2. The molecule has 1 aromatic carbocycles. The van der Waals surface area contributed by atoms with Crippen LogP contribution in [-0.2, 0) is 22.4 Å². The Labute approximate surface area is 123 Å². The van der Waals surface area contributed by atoms with Crippen molar-refractivity contribution in [3.8, 4) is 0 Å². The Balaban J connectivity index is 1.90. The van der Waals surface area contributed by atoms with Crippen molar-refractivity contribution in [2.24, 2.45) is 0 Å². The molecule has 0 aliphatic carbocycles. The summed E-state index contributed by atoms with van der Waals surface area (Å²) >= 11 is 3.41. The molecule has 0 bridgehead atoms. The Bertz CT molecular complexity index is 750. The molecular weight excluding hydrogens is 324 g/mol. The molecule has 20 heavy (non-hydrogen) atoms. The number of hydrogen-bond donors (Lipinski definition) is 0. The third-order valence-corrected chi connectivity index (χ3v) is 4.43. The SMILES string of the molecule is O=c1c2ccc(Br)cc2nc2n1CC1(CC2)OCCO1. The lowest BCUT2D eigenvalue weighted by atomic mass is 10.0. The number of halogens is 1. The summed E-state index contributed by atoms with van der Waals surface area (Å²) in [5, 5.41) is 0.631. The highest BCUT2D eigenvalue weighted by molar-refractivity contribution is 9.10. The van der Waals surface area contributed by atoms with E-state index in [2.05, 4.69) is 20.9 Å². The van der Waals surface area contributed by atoms with Gasteiger partial charge in [0.1, 0.15) is 5.82 Å². The van der Waals surface area contributed by atoms with E-state index in [0.29, 0.717) is 31.6 Å². The van der Waals surface area contributed by atoms with Crippen LogP contribution in [0.3, 0.4) is 0 Å². The Morgan fingerprint density at radius 3 is 2.90 bits per heavy atom. The molecule has 0 saturated carbocycles. The van der Waals surface area contributed by atoms with Crippen LogP contribution in [0.2, 0.25) is 0 Å². The first-order valence-electron chi connectivity index (χ1n) is 6.64. The van der Waals surface area contributed by atoms with Crippen molar-refractivity contribution in [2.75, 3.05) is 13.2 Å². The van der Waals surface area contributed by atoms with Crippen LogP contribution < -0.4 is 5.56 Å². The monoisotopic (exact) mass is 336 g/mol. The van der Waals surface area contributed by atoms with Gasteiger partial charge in [-0.1, -0.05) is 15.9 Å². The van der Waals surface area contributed by atoms with E-state index in [-0.39, 0.29) is 5.56 Å². The molecule has 1 fully saturated rings. The van der Waals surface area contributed by atoms with E-state index in [4.69, 9.17) is 9.47 Å². The number of aryl methyl sites for hydroxylation is 1. The zero-order valence-corrected chi connectivity index (χ0v) is 12.4. The van der Waals surface area contributed by atoms with Gasteiger partial charge >= 0.3 is 0 Å². The van der Waals surface area contributed by atoms with Gasteiger partial charge in [0.05, 0.1) is 30.7 Å². The normalized spacial score (nSPS) is 20.4. The minimum Gasteiger partial charge on any atom is -0.346 e. The smallest absolute Gasteiger partial charge is 0.261 e. The molecular formula is C14H13BrN2O3. The highest BCUT2D eigenvalue weighted by atomic mass is 79.9. The molecule has 3 heterocycles. The first kappa shape index (κ1) is 12.5. The molecule has 2 aliphatic heterocycles. The second kappa shape index (κ2) is 4.38. The topological polar surface area (TPSA) is 53.4 Å². The fourth-order valence-electron chi connectivity index (χ4n) is 2.95. The van der Waals surface area contributed by atoms with E-state index in [1.54, 1.807) is 10.6 Å². The van der Waals surface area contributed by atoms with Gasteiger partial charge in [0.25, 0.3) is 5.56 Å². The van der Waals surface area contributed by atoms with Crippen LogP contribution in [0.25, 0.3) is 10.9 Å². The van der Waals surface area contributed by atoms with Gasteiger partial charge in [-0.25, -0.2) is 4.98 Å².